The van der Waals surface area contributed by atoms with Gasteiger partial charge in [0.1, 0.15) is 24.3 Å². The molecule has 1 fully saturated rings. The molecule has 1 saturated heterocycles. The molecular formula is C30H38BrN5O6. The first-order chi connectivity index (χ1) is 20.3. The quantitative estimate of drug-likeness (QED) is 0.267. The Bertz CT molecular complexity index is 1380. The van der Waals surface area contributed by atoms with Gasteiger partial charge in [0, 0.05) is 54.3 Å². The van der Waals surface area contributed by atoms with Gasteiger partial charge < -0.3 is 24.3 Å². The first kappa shape index (κ1) is 31.5. The lowest BCUT2D eigenvalue weighted by Gasteiger charge is -2.43. The maximum Gasteiger partial charge on any atom is 0.326 e. The van der Waals surface area contributed by atoms with Crippen LogP contribution < -0.4 is 14.8 Å². The van der Waals surface area contributed by atoms with Gasteiger partial charge in [-0.05, 0) is 45.0 Å². The number of ether oxygens (including phenoxy) is 4. The summed E-state index contributed by atoms with van der Waals surface area (Å²) in [6, 6.07) is 11.6. The van der Waals surface area contributed by atoms with Crippen LogP contribution in [0, 0.1) is 0 Å². The van der Waals surface area contributed by atoms with E-state index in [9.17, 15) is 9.59 Å². The summed E-state index contributed by atoms with van der Waals surface area (Å²) in [5, 5.41) is 4.17. The van der Waals surface area contributed by atoms with Gasteiger partial charge in [-0.3, -0.25) is 19.4 Å². The van der Waals surface area contributed by atoms with E-state index < -0.39 is 17.5 Å². The Morgan fingerprint density at radius 3 is 2.48 bits per heavy atom. The number of rotatable bonds is 13. The fraction of sp³-hybridized carbons (Fsp3) is 0.467. The van der Waals surface area contributed by atoms with E-state index in [4.69, 9.17) is 18.9 Å². The number of anilines is 2. The molecule has 0 saturated carbocycles. The van der Waals surface area contributed by atoms with Gasteiger partial charge in [-0.25, -0.2) is 9.97 Å². The van der Waals surface area contributed by atoms with E-state index in [0.717, 1.165) is 21.1 Å². The lowest BCUT2D eigenvalue weighted by atomic mass is 9.94. The van der Waals surface area contributed by atoms with Crippen molar-refractivity contribution in [1.29, 1.82) is 0 Å². The summed E-state index contributed by atoms with van der Waals surface area (Å²) < 4.78 is 23.2. The first-order valence-electron chi connectivity index (χ1n) is 14.1. The van der Waals surface area contributed by atoms with Gasteiger partial charge in [-0.15, -0.1) is 0 Å². The molecule has 1 N–H and O–H groups in total. The lowest BCUT2D eigenvalue weighted by Crippen LogP contribution is -2.60. The van der Waals surface area contributed by atoms with E-state index in [2.05, 4.69) is 36.1 Å². The summed E-state index contributed by atoms with van der Waals surface area (Å²) in [6.45, 7) is 9.54. The molecule has 0 spiro atoms. The van der Waals surface area contributed by atoms with Crippen LogP contribution in [0.1, 0.15) is 27.2 Å². The molecule has 2 heterocycles. The zero-order valence-electron chi connectivity index (χ0n) is 24.5. The molecule has 1 atom stereocenters. The number of piperazine rings is 1. The largest absolute Gasteiger partial charge is 0.493 e. The molecule has 1 aliphatic heterocycles. The normalized spacial score (nSPS) is 15.5. The third kappa shape index (κ3) is 7.67. The number of nitrogens with zero attached hydrogens (tertiary/aromatic N) is 4. The van der Waals surface area contributed by atoms with Crippen molar-refractivity contribution in [2.75, 3.05) is 65.0 Å². The van der Waals surface area contributed by atoms with Gasteiger partial charge in [-0.2, -0.15) is 0 Å². The van der Waals surface area contributed by atoms with Gasteiger partial charge in [-0.1, -0.05) is 22.0 Å². The summed E-state index contributed by atoms with van der Waals surface area (Å²) in [4.78, 5) is 38.3. The van der Waals surface area contributed by atoms with Crippen molar-refractivity contribution in [2.45, 2.75) is 32.7 Å². The van der Waals surface area contributed by atoms with E-state index in [0.29, 0.717) is 56.6 Å². The van der Waals surface area contributed by atoms with Crippen LogP contribution in [0.15, 0.2) is 47.2 Å². The van der Waals surface area contributed by atoms with Crippen LogP contribution in [0.3, 0.4) is 0 Å². The summed E-state index contributed by atoms with van der Waals surface area (Å²) in [5.41, 5.74) is 0.547. The van der Waals surface area contributed by atoms with Crippen molar-refractivity contribution in [3.05, 3.63) is 47.2 Å². The van der Waals surface area contributed by atoms with Crippen LogP contribution in [0.25, 0.3) is 10.9 Å². The van der Waals surface area contributed by atoms with Crippen molar-refractivity contribution in [3.8, 4) is 11.5 Å². The van der Waals surface area contributed by atoms with Crippen molar-refractivity contribution < 1.29 is 28.5 Å². The van der Waals surface area contributed by atoms with Crippen molar-refractivity contribution in [2.24, 2.45) is 0 Å². The van der Waals surface area contributed by atoms with Gasteiger partial charge in [0.05, 0.1) is 32.3 Å². The second-order valence-corrected chi connectivity index (χ2v) is 10.9. The maximum absolute atomic E-state index is 12.9. The second-order valence-electron chi connectivity index (χ2n) is 10.0. The number of esters is 2. The Morgan fingerprint density at radius 1 is 1.02 bits per heavy atom. The van der Waals surface area contributed by atoms with Crippen LogP contribution in [0.4, 0.5) is 11.5 Å². The van der Waals surface area contributed by atoms with Crippen LogP contribution in [0.2, 0.25) is 0 Å². The highest BCUT2D eigenvalue weighted by atomic mass is 79.9. The highest BCUT2D eigenvalue weighted by molar-refractivity contribution is 9.10. The number of methoxy groups -OCH3 is 1. The minimum atomic E-state index is -1.08. The summed E-state index contributed by atoms with van der Waals surface area (Å²) >= 11 is 3.50. The first-order valence-corrected chi connectivity index (χ1v) is 14.8. The maximum atomic E-state index is 12.9. The van der Waals surface area contributed by atoms with Crippen molar-refractivity contribution in [3.63, 3.8) is 0 Å². The van der Waals surface area contributed by atoms with E-state index >= 15 is 0 Å². The topological polar surface area (TPSA) is 115 Å². The monoisotopic (exact) mass is 643 g/mol. The Labute approximate surface area is 254 Å². The number of benzene rings is 2. The summed E-state index contributed by atoms with van der Waals surface area (Å²) in [5.74, 6) is 1.03. The molecule has 42 heavy (non-hydrogen) atoms. The molecule has 0 bridgehead atoms. The lowest BCUT2D eigenvalue weighted by molar-refractivity contribution is -0.165. The van der Waals surface area contributed by atoms with Crippen molar-refractivity contribution >= 4 is 50.3 Å². The molecule has 1 unspecified atom stereocenters. The molecule has 3 aromatic rings. The molecule has 1 aliphatic rings. The molecule has 0 aliphatic carbocycles. The predicted octanol–water partition coefficient (Wildman–Crippen LogP) is 4.42. The van der Waals surface area contributed by atoms with E-state index in [-0.39, 0.29) is 19.6 Å². The molecule has 0 amide bonds. The molecule has 1 aromatic heterocycles. The Hall–Kier alpha value is -3.48. The SMILES string of the molecule is CCOC(=O)CC(C)(C(=O)OCC)N1CCN(CCOc2cc3c(Nc4cccc(Br)c4)ncnc3cc2OC)CC1. The van der Waals surface area contributed by atoms with Gasteiger partial charge in [0.15, 0.2) is 11.5 Å². The van der Waals surface area contributed by atoms with Crippen molar-refractivity contribution in [1.82, 2.24) is 19.8 Å². The van der Waals surface area contributed by atoms with E-state index in [1.54, 1.807) is 27.9 Å². The zero-order valence-corrected chi connectivity index (χ0v) is 26.1. The third-order valence-corrected chi connectivity index (χ3v) is 7.75. The summed E-state index contributed by atoms with van der Waals surface area (Å²) in [7, 11) is 1.60. The summed E-state index contributed by atoms with van der Waals surface area (Å²) in [6.07, 6.45) is 1.47. The van der Waals surface area contributed by atoms with Crippen LogP contribution in [-0.4, -0.2) is 96.9 Å². The number of hydrogen-bond acceptors (Lipinski definition) is 11. The van der Waals surface area contributed by atoms with Crippen LogP contribution in [-0.2, 0) is 19.1 Å². The van der Waals surface area contributed by atoms with Crippen LogP contribution >= 0.6 is 15.9 Å². The Balaban J connectivity index is 1.39. The standard InChI is InChI=1S/C30H38BrN5O6/c1-5-40-27(37)19-30(3,29(38)41-6-2)36-12-10-35(11-13-36)14-15-42-26-17-23-24(18-25(26)39-4)32-20-33-28(23)34-22-9-7-8-21(31)16-22/h7-9,16-18,20H,5-6,10-15,19H2,1-4H3,(H,32,33,34). The molecule has 226 valence electrons. The van der Waals surface area contributed by atoms with Gasteiger partial charge in [0.2, 0.25) is 0 Å². The molecule has 2 aromatic carbocycles. The van der Waals surface area contributed by atoms with E-state index in [1.807, 2.05) is 41.3 Å². The van der Waals surface area contributed by atoms with Gasteiger partial charge >= 0.3 is 11.9 Å². The molecule has 11 nitrogen and oxygen atoms in total. The highest BCUT2D eigenvalue weighted by Crippen LogP contribution is 2.35. The minimum absolute atomic E-state index is 0.0490. The average Bonchev–Trinajstić information content (AvgIpc) is 2.97. The number of nitrogens with one attached hydrogen (secondary N) is 1. The molecule has 4 rings (SSSR count). The highest BCUT2D eigenvalue weighted by Gasteiger charge is 2.44. The third-order valence-electron chi connectivity index (χ3n) is 7.25. The van der Waals surface area contributed by atoms with Gasteiger partial charge in [0.25, 0.3) is 0 Å². The van der Waals surface area contributed by atoms with E-state index in [1.165, 1.54) is 6.33 Å². The number of carbonyl (C=O) groups is 2. The average molecular weight is 645 g/mol. The number of hydrogen-bond donors (Lipinski definition) is 1. The molecule has 12 heteroatoms. The second kappa shape index (κ2) is 14.6. The molecular weight excluding hydrogens is 606 g/mol. The smallest absolute Gasteiger partial charge is 0.326 e. The zero-order chi connectivity index (χ0) is 30.1. The predicted molar refractivity (Wildman–Crippen MR) is 163 cm³/mol. The number of carbonyl (C=O) groups excluding carboxylic acids is 2. The van der Waals surface area contributed by atoms with Crippen LogP contribution in [0.5, 0.6) is 11.5 Å². The Morgan fingerprint density at radius 2 is 1.79 bits per heavy atom. The number of halogens is 1. The minimum Gasteiger partial charge on any atom is -0.493 e. The Kier molecular flexibility index (Phi) is 10.9. The fourth-order valence-electron chi connectivity index (χ4n) is 4.98. The fourth-order valence-corrected chi connectivity index (χ4v) is 5.38. The molecule has 0 radical (unpaired) electrons. The number of aromatic nitrogens is 2. The number of fused-ring (bicyclic) bond motifs is 1.